The van der Waals surface area contributed by atoms with E-state index in [0.717, 1.165) is 31.4 Å². The van der Waals surface area contributed by atoms with Gasteiger partial charge in [0.1, 0.15) is 5.75 Å². The highest BCUT2D eigenvalue weighted by Gasteiger charge is 2.34. The van der Waals surface area contributed by atoms with Gasteiger partial charge < -0.3 is 4.74 Å². The van der Waals surface area contributed by atoms with Gasteiger partial charge in [-0.3, -0.25) is 0 Å². The Kier molecular flexibility index (Phi) is 3.65. The minimum Gasteiger partial charge on any atom is -0.496 e. The van der Waals surface area contributed by atoms with Gasteiger partial charge in [-0.15, -0.1) is 0 Å². The third kappa shape index (κ3) is 2.59. The largest absolute Gasteiger partial charge is 0.496 e. The van der Waals surface area contributed by atoms with Crippen molar-refractivity contribution in [3.8, 4) is 16.9 Å². The second kappa shape index (κ2) is 5.11. The Morgan fingerprint density at radius 3 is 2.30 bits per heavy atom. The van der Waals surface area contributed by atoms with Gasteiger partial charge >= 0.3 is 6.18 Å². The van der Waals surface area contributed by atoms with Crippen molar-refractivity contribution >= 4 is 0 Å². The molecule has 0 amide bonds. The van der Waals surface area contributed by atoms with Crippen molar-refractivity contribution in [2.24, 2.45) is 0 Å². The lowest BCUT2D eigenvalue weighted by atomic mass is 10.0. The van der Waals surface area contributed by atoms with Crippen LogP contribution < -0.4 is 4.74 Å². The highest BCUT2D eigenvalue weighted by molar-refractivity contribution is 5.67. The molecule has 0 aliphatic heterocycles. The Morgan fingerprint density at radius 2 is 1.70 bits per heavy atom. The predicted octanol–water partition coefficient (Wildman–Crippen LogP) is 4.66. The van der Waals surface area contributed by atoms with Gasteiger partial charge in [0, 0.05) is 5.56 Å². The summed E-state index contributed by atoms with van der Waals surface area (Å²) in [6.07, 6.45) is -4.58. The zero-order valence-electron chi connectivity index (χ0n) is 10.3. The Labute approximate surface area is 111 Å². The number of methoxy groups -OCH3 is 1. The molecule has 0 saturated heterocycles. The molecule has 0 aliphatic rings. The van der Waals surface area contributed by atoms with Crippen LogP contribution >= 0.6 is 0 Å². The molecule has 2 aromatic rings. The van der Waals surface area contributed by atoms with Crippen molar-refractivity contribution in [3.63, 3.8) is 0 Å². The average molecular weight is 288 g/mol. The zero-order chi connectivity index (χ0) is 14.9. The Morgan fingerprint density at radius 1 is 1.00 bits per heavy atom. The van der Waals surface area contributed by atoms with Crippen molar-refractivity contribution in [2.45, 2.75) is 6.18 Å². The fourth-order valence-corrected chi connectivity index (χ4v) is 1.82. The maximum Gasteiger partial charge on any atom is 0.419 e. The van der Waals surface area contributed by atoms with Gasteiger partial charge in [-0.1, -0.05) is 18.2 Å². The minimum absolute atomic E-state index is 0.104. The zero-order valence-corrected chi connectivity index (χ0v) is 10.3. The van der Waals surface area contributed by atoms with Gasteiger partial charge in [-0.2, -0.15) is 13.2 Å². The maximum absolute atomic E-state index is 13.6. The van der Waals surface area contributed by atoms with Crippen LogP contribution in [0.1, 0.15) is 5.56 Å². The number of benzene rings is 2. The molecule has 0 bridgehead atoms. The van der Waals surface area contributed by atoms with Crippen LogP contribution in [0.3, 0.4) is 0 Å². The lowest BCUT2D eigenvalue weighted by molar-refractivity contribution is -0.138. The summed E-state index contributed by atoms with van der Waals surface area (Å²) in [5, 5.41) is 0. The van der Waals surface area contributed by atoms with Crippen molar-refractivity contribution in [2.75, 3.05) is 7.11 Å². The number of ether oxygens (including phenoxy) is 1. The molecule has 0 N–H and O–H groups in total. The molecule has 0 radical (unpaired) electrons. The average Bonchev–Trinajstić information content (AvgIpc) is 2.40. The summed E-state index contributed by atoms with van der Waals surface area (Å²) >= 11 is 0. The van der Waals surface area contributed by atoms with Crippen LogP contribution in [-0.2, 0) is 6.18 Å². The Hall–Kier alpha value is -2.11. The molecule has 0 spiro atoms. The van der Waals surface area contributed by atoms with Gasteiger partial charge in [0.2, 0.25) is 0 Å². The first-order valence-electron chi connectivity index (χ1n) is 5.54. The number of hydrogen-bond donors (Lipinski definition) is 0. The standard InChI is InChI=1S/C14H9F5O/c1-20-12-7-8(5-6-10(12)14(17,18)19)9-3-2-4-11(15)13(9)16/h2-7H,1H3. The Balaban J connectivity index is 2.58. The van der Waals surface area contributed by atoms with E-state index in [0.29, 0.717) is 0 Å². The lowest BCUT2D eigenvalue weighted by Crippen LogP contribution is -2.07. The highest BCUT2D eigenvalue weighted by atomic mass is 19.4. The molecule has 0 aliphatic carbocycles. The van der Waals surface area contributed by atoms with Crippen LogP contribution in [0, 0.1) is 11.6 Å². The number of alkyl halides is 3. The van der Waals surface area contributed by atoms with Crippen molar-refractivity contribution in [1.82, 2.24) is 0 Å². The molecule has 2 rings (SSSR count). The third-order valence-electron chi connectivity index (χ3n) is 2.77. The van der Waals surface area contributed by atoms with E-state index in [-0.39, 0.29) is 11.1 Å². The molecule has 0 heterocycles. The van der Waals surface area contributed by atoms with E-state index < -0.39 is 29.1 Å². The molecule has 1 nitrogen and oxygen atoms in total. The fourth-order valence-electron chi connectivity index (χ4n) is 1.82. The number of hydrogen-bond acceptors (Lipinski definition) is 1. The minimum atomic E-state index is -4.58. The van der Waals surface area contributed by atoms with E-state index >= 15 is 0 Å². The normalized spacial score (nSPS) is 11.5. The van der Waals surface area contributed by atoms with Crippen molar-refractivity contribution in [3.05, 3.63) is 53.6 Å². The summed E-state index contributed by atoms with van der Waals surface area (Å²) in [4.78, 5) is 0. The third-order valence-corrected chi connectivity index (χ3v) is 2.77. The molecule has 0 unspecified atom stereocenters. The SMILES string of the molecule is COc1cc(-c2cccc(F)c2F)ccc1C(F)(F)F. The summed E-state index contributed by atoms with van der Waals surface area (Å²) < 4.78 is 69.5. The molecule has 20 heavy (non-hydrogen) atoms. The van der Waals surface area contributed by atoms with E-state index in [1.54, 1.807) is 0 Å². The molecule has 106 valence electrons. The first-order chi connectivity index (χ1) is 9.34. The number of halogens is 5. The summed E-state index contributed by atoms with van der Waals surface area (Å²) in [5.41, 5.74) is -0.996. The smallest absolute Gasteiger partial charge is 0.419 e. The summed E-state index contributed by atoms with van der Waals surface area (Å²) in [6, 6.07) is 6.36. The van der Waals surface area contributed by atoms with Crippen molar-refractivity contribution < 1.29 is 26.7 Å². The van der Waals surface area contributed by atoms with Gasteiger partial charge in [-0.05, 0) is 23.8 Å². The molecule has 2 aromatic carbocycles. The lowest BCUT2D eigenvalue weighted by Gasteiger charge is -2.13. The van der Waals surface area contributed by atoms with Crippen molar-refractivity contribution in [1.29, 1.82) is 0 Å². The van der Waals surface area contributed by atoms with E-state index in [1.807, 2.05) is 0 Å². The summed E-state index contributed by atoms with van der Waals surface area (Å²) in [6.45, 7) is 0. The second-order valence-electron chi connectivity index (χ2n) is 4.01. The molecular weight excluding hydrogens is 279 g/mol. The van der Waals surface area contributed by atoms with Gasteiger partial charge in [0.05, 0.1) is 12.7 Å². The van der Waals surface area contributed by atoms with Gasteiger partial charge in [-0.25, -0.2) is 8.78 Å². The first-order valence-corrected chi connectivity index (χ1v) is 5.54. The molecule has 0 atom stereocenters. The number of rotatable bonds is 2. The predicted molar refractivity (Wildman–Crippen MR) is 63.3 cm³/mol. The van der Waals surface area contributed by atoms with E-state index in [1.165, 1.54) is 12.1 Å². The van der Waals surface area contributed by atoms with E-state index in [2.05, 4.69) is 4.74 Å². The van der Waals surface area contributed by atoms with Crippen LogP contribution in [-0.4, -0.2) is 7.11 Å². The van der Waals surface area contributed by atoms with Gasteiger partial charge in [0.15, 0.2) is 11.6 Å². The summed E-state index contributed by atoms with van der Waals surface area (Å²) in [7, 11) is 1.08. The Bertz CT molecular complexity index is 634. The first kappa shape index (κ1) is 14.3. The quantitative estimate of drug-likeness (QED) is 0.730. The van der Waals surface area contributed by atoms with E-state index in [9.17, 15) is 22.0 Å². The van der Waals surface area contributed by atoms with Crippen LogP contribution in [0.5, 0.6) is 5.75 Å². The highest BCUT2D eigenvalue weighted by Crippen LogP contribution is 2.38. The van der Waals surface area contributed by atoms with Crippen LogP contribution in [0.15, 0.2) is 36.4 Å². The molecule has 0 fully saturated rings. The maximum atomic E-state index is 13.6. The van der Waals surface area contributed by atoms with Gasteiger partial charge in [0.25, 0.3) is 0 Å². The van der Waals surface area contributed by atoms with Crippen LogP contribution in [0.25, 0.3) is 11.1 Å². The van der Waals surface area contributed by atoms with Crippen LogP contribution in [0.4, 0.5) is 22.0 Å². The monoisotopic (exact) mass is 288 g/mol. The fraction of sp³-hybridized carbons (Fsp3) is 0.143. The van der Waals surface area contributed by atoms with E-state index in [4.69, 9.17) is 0 Å². The van der Waals surface area contributed by atoms with Crippen LogP contribution in [0.2, 0.25) is 0 Å². The summed E-state index contributed by atoms with van der Waals surface area (Å²) in [5.74, 6) is -2.63. The molecule has 0 saturated carbocycles. The molecular formula is C14H9F5O. The second-order valence-corrected chi connectivity index (χ2v) is 4.01. The molecule has 0 aromatic heterocycles. The topological polar surface area (TPSA) is 9.23 Å². The molecule has 6 heteroatoms.